The molecule has 2 N–H and O–H groups in total. The summed E-state index contributed by atoms with van der Waals surface area (Å²) < 4.78 is 2.05. The summed E-state index contributed by atoms with van der Waals surface area (Å²) in [5.74, 6) is 1.78. The van der Waals surface area contributed by atoms with E-state index < -0.39 is 0 Å². The number of hydrogen-bond acceptors (Lipinski definition) is 3. The fraction of sp³-hybridized carbons (Fsp3) is 0.471. The molecule has 6 nitrogen and oxygen atoms in total. The molecule has 0 bridgehead atoms. The topological polar surface area (TPSA) is 67.1 Å². The fourth-order valence-electron chi connectivity index (χ4n) is 2.43. The second-order valence-electron chi connectivity index (χ2n) is 5.51. The molecule has 136 valence electrons. The molecule has 2 rings (SSSR count). The molecule has 0 aliphatic rings. The molecule has 25 heavy (non-hydrogen) atoms. The van der Waals surface area contributed by atoms with Gasteiger partial charge >= 0.3 is 0 Å². The number of nitrogens with zero attached hydrogens (tertiary/aromatic N) is 4. The zero-order chi connectivity index (χ0) is 18.1. The Bertz CT molecular complexity index is 678. The van der Waals surface area contributed by atoms with Gasteiger partial charge in [-0.3, -0.25) is 4.99 Å². The van der Waals surface area contributed by atoms with Crippen LogP contribution in [-0.4, -0.2) is 40.4 Å². The van der Waals surface area contributed by atoms with Gasteiger partial charge < -0.3 is 15.2 Å². The van der Waals surface area contributed by atoms with E-state index in [1.807, 2.05) is 23.6 Å². The molecule has 0 atom stereocenters. The van der Waals surface area contributed by atoms with Gasteiger partial charge in [0.2, 0.25) is 0 Å². The van der Waals surface area contributed by atoms with Gasteiger partial charge in [0, 0.05) is 42.6 Å². The van der Waals surface area contributed by atoms with Crippen molar-refractivity contribution in [2.45, 2.75) is 33.2 Å². The third-order valence-electron chi connectivity index (χ3n) is 3.59. The van der Waals surface area contributed by atoms with Crippen molar-refractivity contribution in [1.29, 1.82) is 0 Å². The van der Waals surface area contributed by atoms with Gasteiger partial charge in [0.05, 0.1) is 0 Å². The van der Waals surface area contributed by atoms with E-state index in [4.69, 9.17) is 23.2 Å². The van der Waals surface area contributed by atoms with E-state index >= 15 is 0 Å². The maximum Gasteiger partial charge on any atom is 0.191 e. The van der Waals surface area contributed by atoms with Gasteiger partial charge in [-0.05, 0) is 37.1 Å². The number of aromatic nitrogens is 3. The molecule has 0 unspecified atom stereocenters. The maximum atomic E-state index is 6.03. The summed E-state index contributed by atoms with van der Waals surface area (Å²) in [6.07, 6.45) is 3.41. The minimum atomic E-state index is 0.650. The Morgan fingerprint density at radius 2 is 1.92 bits per heavy atom. The quantitative estimate of drug-likeness (QED) is 0.543. The van der Waals surface area contributed by atoms with Crippen molar-refractivity contribution in [3.05, 3.63) is 46.0 Å². The van der Waals surface area contributed by atoms with Crippen LogP contribution < -0.4 is 10.6 Å². The van der Waals surface area contributed by atoms with Crippen LogP contribution in [0.3, 0.4) is 0 Å². The number of hydrogen-bond donors (Lipinski definition) is 2. The summed E-state index contributed by atoms with van der Waals surface area (Å²) in [5, 5.41) is 15.9. The SMILES string of the molecule is CCNC(=NCCc1cc(Cl)cc(Cl)c1)NCCn1cnnc1CC. The molecule has 1 aromatic heterocycles. The lowest BCUT2D eigenvalue weighted by molar-refractivity contribution is 0.632. The second kappa shape index (κ2) is 10.3. The van der Waals surface area contributed by atoms with Crippen LogP contribution in [0.25, 0.3) is 0 Å². The minimum absolute atomic E-state index is 0.650. The van der Waals surface area contributed by atoms with Crippen molar-refractivity contribution < 1.29 is 0 Å². The molecule has 0 amide bonds. The molecule has 0 aliphatic carbocycles. The van der Waals surface area contributed by atoms with Crippen molar-refractivity contribution in [2.75, 3.05) is 19.6 Å². The highest BCUT2D eigenvalue weighted by atomic mass is 35.5. The largest absolute Gasteiger partial charge is 0.357 e. The van der Waals surface area contributed by atoms with Gasteiger partial charge in [-0.2, -0.15) is 0 Å². The van der Waals surface area contributed by atoms with Crippen molar-refractivity contribution >= 4 is 29.2 Å². The van der Waals surface area contributed by atoms with Crippen molar-refractivity contribution in [2.24, 2.45) is 4.99 Å². The third-order valence-corrected chi connectivity index (χ3v) is 4.03. The Balaban J connectivity index is 1.85. The summed E-state index contributed by atoms with van der Waals surface area (Å²) >= 11 is 12.1. The molecule has 0 saturated carbocycles. The first-order valence-electron chi connectivity index (χ1n) is 8.46. The van der Waals surface area contributed by atoms with Gasteiger partial charge in [-0.15, -0.1) is 10.2 Å². The van der Waals surface area contributed by atoms with Crippen LogP contribution in [0.2, 0.25) is 10.0 Å². The zero-order valence-corrected chi connectivity index (χ0v) is 16.1. The van der Waals surface area contributed by atoms with E-state index in [0.29, 0.717) is 16.6 Å². The zero-order valence-electron chi connectivity index (χ0n) is 14.6. The number of benzene rings is 1. The van der Waals surface area contributed by atoms with Gasteiger partial charge in [-0.1, -0.05) is 30.1 Å². The number of halogens is 2. The molecule has 1 aromatic carbocycles. The molecule has 0 fully saturated rings. The lowest BCUT2D eigenvalue weighted by Crippen LogP contribution is -2.39. The normalized spacial score (nSPS) is 11.6. The number of aliphatic imine (C=N–C) groups is 1. The van der Waals surface area contributed by atoms with Crippen molar-refractivity contribution in [3.63, 3.8) is 0 Å². The summed E-state index contributed by atoms with van der Waals surface area (Å²) in [5.41, 5.74) is 1.08. The van der Waals surface area contributed by atoms with E-state index in [1.165, 1.54) is 0 Å². The summed E-state index contributed by atoms with van der Waals surface area (Å²) in [7, 11) is 0. The molecule has 8 heteroatoms. The van der Waals surface area contributed by atoms with Gasteiger partial charge in [0.15, 0.2) is 5.96 Å². The Hall–Kier alpha value is -1.79. The first kappa shape index (κ1) is 19.5. The highest BCUT2D eigenvalue weighted by molar-refractivity contribution is 6.34. The molecule has 0 aliphatic heterocycles. The van der Waals surface area contributed by atoms with Gasteiger partial charge in [0.1, 0.15) is 12.2 Å². The molecule has 0 spiro atoms. The average molecular weight is 383 g/mol. The van der Waals surface area contributed by atoms with E-state index in [9.17, 15) is 0 Å². The van der Waals surface area contributed by atoms with E-state index in [0.717, 1.165) is 49.8 Å². The lowest BCUT2D eigenvalue weighted by atomic mass is 10.1. The number of guanidine groups is 1. The van der Waals surface area contributed by atoms with Gasteiger partial charge in [-0.25, -0.2) is 0 Å². The second-order valence-corrected chi connectivity index (χ2v) is 6.38. The van der Waals surface area contributed by atoms with Crippen LogP contribution in [0, 0.1) is 0 Å². The van der Waals surface area contributed by atoms with Crippen LogP contribution in [0.15, 0.2) is 29.5 Å². The summed E-state index contributed by atoms with van der Waals surface area (Å²) in [4.78, 5) is 4.60. The smallest absolute Gasteiger partial charge is 0.191 e. The Labute approximate surface area is 158 Å². The fourth-order valence-corrected chi connectivity index (χ4v) is 3.00. The molecule has 0 saturated heterocycles. The Kier molecular flexibility index (Phi) is 8.01. The van der Waals surface area contributed by atoms with Crippen LogP contribution in [-0.2, 0) is 19.4 Å². The number of aryl methyl sites for hydroxylation is 1. The van der Waals surface area contributed by atoms with E-state index in [1.54, 1.807) is 12.4 Å². The molecular formula is C17H24Cl2N6. The lowest BCUT2D eigenvalue weighted by Gasteiger charge is -2.12. The van der Waals surface area contributed by atoms with Crippen molar-refractivity contribution in [3.8, 4) is 0 Å². The highest BCUT2D eigenvalue weighted by Crippen LogP contribution is 2.19. The highest BCUT2D eigenvalue weighted by Gasteiger charge is 2.03. The molecular weight excluding hydrogens is 359 g/mol. The van der Waals surface area contributed by atoms with Crippen LogP contribution in [0.5, 0.6) is 0 Å². The predicted octanol–water partition coefficient (Wildman–Crippen LogP) is 2.95. The standard InChI is InChI=1S/C17H24Cl2N6/c1-3-16-24-23-12-25(16)8-7-22-17(20-4-2)21-6-5-13-9-14(18)11-15(19)10-13/h9-12H,3-8H2,1-2H3,(H2,20,21,22). The van der Waals surface area contributed by atoms with E-state index in [2.05, 4.69) is 32.7 Å². The Morgan fingerprint density at radius 3 is 2.60 bits per heavy atom. The van der Waals surface area contributed by atoms with Crippen LogP contribution in [0.1, 0.15) is 25.2 Å². The average Bonchev–Trinajstić information content (AvgIpc) is 3.01. The maximum absolute atomic E-state index is 6.03. The predicted molar refractivity (Wildman–Crippen MR) is 104 cm³/mol. The molecule has 1 heterocycles. The number of rotatable bonds is 8. The first-order chi connectivity index (χ1) is 12.1. The monoisotopic (exact) mass is 382 g/mol. The molecule has 0 radical (unpaired) electrons. The Morgan fingerprint density at radius 1 is 1.16 bits per heavy atom. The third kappa shape index (κ3) is 6.55. The minimum Gasteiger partial charge on any atom is -0.357 e. The van der Waals surface area contributed by atoms with Crippen LogP contribution in [0.4, 0.5) is 0 Å². The van der Waals surface area contributed by atoms with E-state index in [-0.39, 0.29) is 0 Å². The first-order valence-corrected chi connectivity index (χ1v) is 9.21. The number of nitrogens with one attached hydrogen (secondary N) is 2. The summed E-state index contributed by atoms with van der Waals surface area (Å²) in [6.45, 7) is 7.12. The van der Waals surface area contributed by atoms with Crippen LogP contribution >= 0.6 is 23.2 Å². The van der Waals surface area contributed by atoms with Crippen molar-refractivity contribution in [1.82, 2.24) is 25.4 Å². The molecule has 2 aromatic rings. The summed E-state index contributed by atoms with van der Waals surface area (Å²) in [6, 6.07) is 5.57. The van der Waals surface area contributed by atoms with Gasteiger partial charge in [0.25, 0.3) is 0 Å².